The topological polar surface area (TPSA) is 26.3 Å². The predicted octanol–water partition coefficient (Wildman–Crippen LogP) is 4.64. The fourth-order valence-electron chi connectivity index (χ4n) is 1.85. The molecule has 0 spiro atoms. The van der Waals surface area contributed by atoms with E-state index in [9.17, 15) is 4.79 Å². The Bertz CT molecular complexity index is 187. The minimum absolute atomic E-state index is 0.0445. The smallest absolute Gasteiger partial charge is 0.305 e. The molecule has 0 saturated heterocycles. The normalized spacial score (nSPS) is 10.2. The van der Waals surface area contributed by atoms with Crippen molar-refractivity contribution in [3.05, 3.63) is 12.7 Å². The molecule has 0 N–H and O–H groups in total. The van der Waals surface area contributed by atoms with Gasteiger partial charge in [-0.25, -0.2) is 0 Å². The molecule has 0 bridgehead atoms. The SMILES string of the molecule is C=CCCCCCCCCCCC(=O)OCC. The first-order valence-corrected chi connectivity index (χ1v) is 7.07. The van der Waals surface area contributed by atoms with E-state index >= 15 is 0 Å². The van der Waals surface area contributed by atoms with Crippen molar-refractivity contribution in [1.82, 2.24) is 0 Å². The second-order valence-corrected chi connectivity index (χ2v) is 4.46. The van der Waals surface area contributed by atoms with E-state index in [0.717, 1.165) is 19.3 Å². The van der Waals surface area contributed by atoms with Gasteiger partial charge in [0.05, 0.1) is 6.61 Å². The number of ether oxygens (including phenoxy) is 1. The summed E-state index contributed by atoms with van der Waals surface area (Å²) in [4.78, 5) is 11.0. The van der Waals surface area contributed by atoms with E-state index in [4.69, 9.17) is 4.74 Å². The minimum Gasteiger partial charge on any atom is -0.466 e. The van der Waals surface area contributed by atoms with Crippen LogP contribution in [0.2, 0.25) is 0 Å². The van der Waals surface area contributed by atoms with Gasteiger partial charge in [-0.1, -0.05) is 44.6 Å². The highest BCUT2D eigenvalue weighted by Crippen LogP contribution is 2.10. The Labute approximate surface area is 106 Å². The molecule has 0 rings (SSSR count). The Morgan fingerprint density at radius 1 is 1.00 bits per heavy atom. The van der Waals surface area contributed by atoms with Crippen LogP contribution in [-0.4, -0.2) is 12.6 Å². The van der Waals surface area contributed by atoms with E-state index in [1.165, 1.54) is 38.5 Å². The van der Waals surface area contributed by atoms with Gasteiger partial charge in [0.15, 0.2) is 0 Å². The van der Waals surface area contributed by atoms with Crippen molar-refractivity contribution in [2.45, 2.75) is 71.1 Å². The van der Waals surface area contributed by atoms with Crippen LogP contribution >= 0.6 is 0 Å². The zero-order valence-electron chi connectivity index (χ0n) is 11.4. The molecule has 2 heteroatoms. The standard InChI is InChI=1S/C15H28O2/c1-3-5-6-7-8-9-10-11-12-13-14-15(16)17-4-2/h3H,1,4-14H2,2H3. The average molecular weight is 240 g/mol. The first kappa shape index (κ1) is 16.2. The van der Waals surface area contributed by atoms with Crippen LogP contribution in [0.4, 0.5) is 0 Å². The minimum atomic E-state index is -0.0445. The molecule has 0 atom stereocenters. The quantitative estimate of drug-likeness (QED) is 0.282. The zero-order valence-corrected chi connectivity index (χ0v) is 11.4. The third-order valence-electron chi connectivity index (χ3n) is 2.84. The fourth-order valence-corrected chi connectivity index (χ4v) is 1.85. The van der Waals surface area contributed by atoms with Crippen LogP contribution in [0.5, 0.6) is 0 Å². The fraction of sp³-hybridized carbons (Fsp3) is 0.800. The summed E-state index contributed by atoms with van der Waals surface area (Å²) in [6.07, 6.45) is 13.7. The largest absolute Gasteiger partial charge is 0.466 e. The van der Waals surface area contributed by atoms with Gasteiger partial charge in [-0.15, -0.1) is 6.58 Å². The molecule has 0 aliphatic carbocycles. The van der Waals surface area contributed by atoms with E-state index in [2.05, 4.69) is 6.58 Å². The van der Waals surface area contributed by atoms with Crippen LogP contribution in [0.1, 0.15) is 71.1 Å². The number of hydrogen-bond donors (Lipinski definition) is 0. The number of esters is 1. The zero-order chi connectivity index (χ0) is 12.8. The van der Waals surface area contributed by atoms with E-state index in [0.29, 0.717) is 13.0 Å². The molecule has 0 heterocycles. The molecule has 0 aliphatic rings. The Morgan fingerprint density at radius 2 is 1.53 bits per heavy atom. The van der Waals surface area contributed by atoms with Gasteiger partial charge in [0.2, 0.25) is 0 Å². The second-order valence-electron chi connectivity index (χ2n) is 4.46. The molecule has 0 amide bonds. The first-order valence-electron chi connectivity index (χ1n) is 7.07. The molecule has 2 nitrogen and oxygen atoms in total. The van der Waals surface area contributed by atoms with Crippen molar-refractivity contribution in [2.75, 3.05) is 6.61 Å². The van der Waals surface area contributed by atoms with Crippen molar-refractivity contribution in [3.63, 3.8) is 0 Å². The molecule has 0 aromatic heterocycles. The Balaban J connectivity index is 3.03. The molecule has 0 saturated carbocycles. The molecule has 0 fully saturated rings. The summed E-state index contributed by atoms with van der Waals surface area (Å²) in [5.74, 6) is -0.0445. The second kappa shape index (κ2) is 13.3. The Morgan fingerprint density at radius 3 is 2.06 bits per heavy atom. The number of hydrogen-bond acceptors (Lipinski definition) is 2. The van der Waals surface area contributed by atoms with Gasteiger partial charge in [-0.2, -0.15) is 0 Å². The van der Waals surface area contributed by atoms with Crippen molar-refractivity contribution < 1.29 is 9.53 Å². The van der Waals surface area contributed by atoms with Gasteiger partial charge in [0, 0.05) is 6.42 Å². The van der Waals surface area contributed by atoms with Crippen LogP contribution in [0, 0.1) is 0 Å². The summed E-state index contributed by atoms with van der Waals surface area (Å²) < 4.78 is 4.88. The summed E-state index contributed by atoms with van der Waals surface area (Å²) in [5.41, 5.74) is 0. The lowest BCUT2D eigenvalue weighted by molar-refractivity contribution is -0.143. The van der Waals surface area contributed by atoms with Gasteiger partial charge in [0.25, 0.3) is 0 Å². The van der Waals surface area contributed by atoms with E-state index in [1.54, 1.807) is 0 Å². The maximum absolute atomic E-state index is 11.0. The highest BCUT2D eigenvalue weighted by molar-refractivity contribution is 5.69. The number of allylic oxidation sites excluding steroid dienone is 1. The van der Waals surface area contributed by atoms with Crippen LogP contribution in [0.15, 0.2) is 12.7 Å². The lowest BCUT2D eigenvalue weighted by Gasteiger charge is -2.02. The highest BCUT2D eigenvalue weighted by atomic mass is 16.5. The molecular formula is C15H28O2. The summed E-state index contributed by atoms with van der Waals surface area (Å²) in [5, 5.41) is 0. The van der Waals surface area contributed by atoms with Gasteiger partial charge >= 0.3 is 5.97 Å². The summed E-state index contributed by atoms with van der Waals surface area (Å²) in [7, 11) is 0. The van der Waals surface area contributed by atoms with Gasteiger partial charge in [-0.05, 0) is 26.2 Å². The van der Waals surface area contributed by atoms with Crippen LogP contribution < -0.4 is 0 Å². The predicted molar refractivity (Wildman–Crippen MR) is 73.0 cm³/mol. The third-order valence-corrected chi connectivity index (χ3v) is 2.84. The van der Waals surface area contributed by atoms with Crippen LogP contribution in [0.25, 0.3) is 0 Å². The molecular weight excluding hydrogens is 212 g/mol. The van der Waals surface area contributed by atoms with Crippen molar-refractivity contribution in [2.24, 2.45) is 0 Å². The van der Waals surface area contributed by atoms with Crippen LogP contribution in [0.3, 0.4) is 0 Å². The molecule has 0 aromatic carbocycles. The number of unbranched alkanes of at least 4 members (excludes halogenated alkanes) is 8. The summed E-state index contributed by atoms with van der Waals surface area (Å²) >= 11 is 0. The number of rotatable bonds is 12. The van der Waals surface area contributed by atoms with Crippen molar-refractivity contribution in [1.29, 1.82) is 0 Å². The maximum Gasteiger partial charge on any atom is 0.305 e. The molecule has 0 unspecified atom stereocenters. The molecule has 0 aliphatic heterocycles. The monoisotopic (exact) mass is 240 g/mol. The van der Waals surface area contributed by atoms with E-state index in [-0.39, 0.29) is 5.97 Å². The lowest BCUT2D eigenvalue weighted by Crippen LogP contribution is -2.03. The lowest BCUT2D eigenvalue weighted by atomic mass is 10.1. The van der Waals surface area contributed by atoms with Gasteiger partial charge in [0.1, 0.15) is 0 Å². The Hall–Kier alpha value is -0.790. The van der Waals surface area contributed by atoms with E-state index in [1.807, 2.05) is 13.0 Å². The molecule has 100 valence electrons. The molecule has 0 aromatic rings. The maximum atomic E-state index is 11.0. The third kappa shape index (κ3) is 13.1. The van der Waals surface area contributed by atoms with Gasteiger partial charge in [-0.3, -0.25) is 4.79 Å². The number of carbonyl (C=O) groups is 1. The van der Waals surface area contributed by atoms with Crippen molar-refractivity contribution >= 4 is 5.97 Å². The molecule has 17 heavy (non-hydrogen) atoms. The molecule has 0 radical (unpaired) electrons. The van der Waals surface area contributed by atoms with Crippen molar-refractivity contribution in [3.8, 4) is 0 Å². The Kier molecular flexibility index (Phi) is 12.7. The number of carbonyl (C=O) groups excluding carboxylic acids is 1. The first-order chi connectivity index (χ1) is 8.31. The van der Waals surface area contributed by atoms with E-state index < -0.39 is 0 Å². The summed E-state index contributed by atoms with van der Waals surface area (Å²) in [6.45, 7) is 6.07. The van der Waals surface area contributed by atoms with Gasteiger partial charge < -0.3 is 4.74 Å². The summed E-state index contributed by atoms with van der Waals surface area (Å²) in [6, 6.07) is 0. The highest BCUT2D eigenvalue weighted by Gasteiger charge is 2.00. The average Bonchev–Trinajstić information content (AvgIpc) is 2.32. The van der Waals surface area contributed by atoms with Crippen LogP contribution in [-0.2, 0) is 9.53 Å².